The van der Waals surface area contributed by atoms with Crippen molar-refractivity contribution in [3.63, 3.8) is 0 Å². The van der Waals surface area contributed by atoms with Crippen LogP contribution in [0.1, 0.15) is 22.3 Å². The second-order valence-corrected chi connectivity index (χ2v) is 5.76. The first-order valence-electron chi connectivity index (χ1n) is 7.16. The van der Waals surface area contributed by atoms with Gasteiger partial charge in [0.1, 0.15) is 0 Å². The average molecular weight is 281 g/mol. The zero-order valence-electron chi connectivity index (χ0n) is 13.7. The Bertz CT molecular complexity index is 665. The molecule has 0 fully saturated rings. The maximum atomic E-state index is 4.47. The van der Waals surface area contributed by atoms with E-state index in [4.69, 9.17) is 0 Å². The molecule has 2 rings (SSSR count). The summed E-state index contributed by atoms with van der Waals surface area (Å²) in [6.07, 6.45) is 0. The van der Waals surface area contributed by atoms with Gasteiger partial charge in [-0.05, 0) is 62.1 Å². The minimum atomic E-state index is 0.931. The molecule has 0 aliphatic heterocycles. The van der Waals surface area contributed by atoms with Crippen molar-refractivity contribution < 1.29 is 0 Å². The molecule has 0 heterocycles. The van der Waals surface area contributed by atoms with Gasteiger partial charge < -0.3 is 4.90 Å². The number of hydrogen-bond acceptors (Lipinski definition) is 3. The van der Waals surface area contributed by atoms with Crippen LogP contribution in [0, 0.1) is 27.7 Å². The van der Waals surface area contributed by atoms with Gasteiger partial charge in [-0.25, -0.2) is 0 Å². The molecule has 21 heavy (non-hydrogen) atoms. The Morgan fingerprint density at radius 1 is 0.762 bits per heavy atom. The van der Waals surface area contributed by atoms with Gasteiger partial charge in [-0.1, -0.05) is 18.2 Å². The molecule has 3 heteroatoms. The summed E-state index contributed by atoms with van der Waals surface area (Å²) >= 11 is 0. The van der Waals surface area contributed by atoms with Gasteiger partial charge in [0.2, 0.25) is 0 Å². The first kappa shape index (κ1) is 15.2. The van der Waals surface area contributed by atoms with Gasteiger partial charge >= 0.3 is 0 Å². The van der Waals surface area contributed by atoms with Crippen molar-refractivity contribution in [2.24, 2.45) is 10.2 Å². The summed E-state index contributed by atoms with van der Waals surface area (Å²) in [5, 5.41) is 8.93. The second-order valence-electron chi connectivity index (χ2n) is 5.76. The van der Waals surface area contributed by atoms with Crippen molar-refractivity contribution in [3.05, 3.63) is 52.6 Å². The fraction of sp³-hybridized carbons (Fsp3) is 0.333. The highest BCUT2D eigenvalue weighted by Crippen LogP contribution is 2.31. The van der Waals surface area contributed by atoms with Crippen LogP contribution in [0.5, 0.6) is 0 Å². The summed E-state index contributed by atoms with van der Waals surface area (Å²) in [6, 6.07) is 10.4. The molecule has 0 amide bonds. The molecule has 110 valence electrons. The number of benzene rings is 2. The molecule has 0 aromatic heterocycles. The van der Waals surface area contributed by atoms with Crippen molar-refractivity contribution in [2.75, 3.05) is 19.0 Å². The smallest absolute Gasteiger partial charge is 0.0915 e. The molecule has 2 aromatic rings. The first-order valence-corrected chi connectivity index (χ1v) is 7.16. The topological polar surface area (TPSA) is 28.0 Å². The van der Waals surface area contributed by atoms with Crippen LogP contribution >= 0.6 is 0 Å². The number of nitrogens with zero attached hydrogens (tertiary/aromatic N) is 3. The Hall–Kier alpha value is -2.16. The van der Waals surface area contributed by atoms with E-state index in [-0.39, 0.29) is 0 Å². The minimum Gasteiger partial charge on any atom is -0.377 e. The van der Waals surface area contributed by atoms with Gasteiger partial charge in [-0.15, -0.1) is 0 Å². The van der Waals surface area contributed by atoms with Gasteiger partial charge in [0, 0.05) is 19.8 Å². The zero-order chi connectivity index (χ0) is 15.6. The van der Waals surface area contributed by atoms with E-state index in [1.54, 1.807) is 0 Å². The van der Waals surface area contributed by atoms with Crippen LogP contribution in [0.3, 0.4) is 0 Å². The van der Waals surface area contributed by atoms with Gasteiger partial charge in [0.15, 0.2) is 0 Å². The van der Waals surface area contributed by atoms with Crippen LogP contribution in [-0.2, 0) is 0 Å². The van der Waals surface area contributed by atoms with Crippen LogP contribution in [0.2, 0.25) is 0 Å². The third kappa shape index (κ3) is 3.30. The zero-order valence-corrected chi connectivity index (χ0v) is 13.7. The van der Waals surface area contributed by atoms with Crippen molar-refractivity contribution in [2.45, 2.75) is 27.7 Å². The van der Waals surface area contributed by atoms with Crippen molar-refractivity contribution >= 4 is 17.1 Å². The molecule has 0 N–H and O–H groups in total. The molecule has 2 aromatic carbocycles. The number of rotatable bonds is 3. The van der Waals surface area contributed by atoms with E-state index in [0.29, 0.717) is 0 Å². The normalized spacial score (nSPS) is 11.1. The molecule has 0 radical (unpaired) electrons. The largest absolute Gasteiger partial charge is 0.377 e. The average Bonchev–Trinajstić information content (AvgIpc) is 2.41. The quantitative estimate of drug-likeness (QED) is 0.692. The fourth-order valence-electron chi connectivity index (χ4n) is 2.44. The molecule has 3 nitrogen and oxygen atoms in total. The van der Waals surface area contributed by atoms with Gasteiger partial charge in [-0.3, -0.25) is 0 Å². The van der Waals surface area contributed by atoms with E-state index in [9.17, 15) is 0 Å². The van der Waals surface area contributed by atoms with E-state index < -0.39 is 0 Å². The van der Waals surface area contributed by atoms with E-state index in [1.807, 2.05) is 6.07 Å². The monoisotopic (exact) mass is 281 g/mol. The predicted molar refractivity (Wildman–Crippen MR) is 90.3 cm³/mol. The predicted octanol–water partition coefficient (Wildman–Crippen LogP) is 5.40. The minimum absolute atomic E-state index is 0.931. The van der Waals surface area contributed by atoms with E-state index in [1.165, 1.54) is 11.3 Å². The Morgan fingerprint density at radius 2 is 1.38 bits per heavy atom. The summed E-state index contributed by atoms with van der Waals surface area (Å²) in [5.41, 5.74) is 7.77. The Labute approximate surface area is 127 Å². The van der Waals surface area contributed by atoms with Crippen molar-refractivity contribution in [1.29, 1.82) is 0 Å². The third-order valence-electron chi connectivity index (χ3n) is 3.69. The molecule has 0 bridgehead atoms. The van der Waals surface area contributed by atoms with E-state index in [2.05, 4.69) is 81.2 Å². The summed E-state index contributed by atoms with van der Waals surface area (Å²) < 4.78 is 0. The molecule has 0 saturated carbocycles. The summed E-state index contributed by atoms with van der Waals surface area (Å²) in [4.78, 5) is 2.12. The molecular formula is C18H23N3. The number of anilines is 1. The highest BCUT2D eigenvalue weighted by molar-refractivity contribution is 5.62. The molecule has 0 unspecified atom stereocenters. The lowest BCUT2D eigenvalue weighted by molar-refractivity contribution is 1.10. The number of azo groups is 1. The Morgan fingerprint density at radius 3 is 1.95 bits per heavy atom. The van der Waals surface area contributed by atoms with Crippen LogP contribution < -0.4 is 4.90 Å². The van der Waals surface area contributed by atoms with Crippen molar-refractivity contribution in [1.82, 2.24) is 0 Å². The third-order valence-corrected chi connectivity index (χ3v) is 3.69. The number of aryl methyl sites for hydroxylation is 4. The molecule has 0 saturated heterocycles. The SMILES string of the molecule is Cc1cc(N(C)C)c(C)cc1N=Nc1c(C)cccc1C. The van der Waals surface area contributed by atoms with E-state index in [0.717, 1.165) is 28.1 Å². The lowest BCUT2D eigenvalue weighted by atomic mass is 10.1. The van der Waals surface area contributed by atoms with Gasteiger partial charge in [0.05, 0.1) is 11.4 Å². The van der Waals surface area contributed by atoms with Crippen LogP contribution in [0.25, 0.3) is 0 Å². The van der Waals surface area contributed by atoms with E-state index >= 15 is 0 Å². The van der Waals surface area contributed by atoms with Crippen LogP contribution in [0.15, 0.2) is 40.6 Å². The Balaban J connectivity index is 2.40. The number of hydrogen-bond donors (Lipinski definition) is 0. The van der Waals surface area contributed by atoms with Crippen molar-refractivity contribution in [3.8, 4) is 0 Å². The maximum Gasteiger partial charge on any atom is 0.0915 e. The van der Waals surface area contributed by atoms with Crippen LogP contribution in [0.4, 0.5) is 17.1 Å². The van der Waals surface area contributed by atoms with Crippen LogP contribution in [-0.4, -0.2) is 14.1 Å². The van der Waals surface area contributed by atoms with Gasteiger partial charge in [0.25, 0.3) is 0 Å². The first-order chi connectivity index (χ1) is 9.90. The summed E-state index contributed by atoms with van der Waals surface area (Å²) in [7, 11) is 4.11. The second kappa shape index (κ2) is 6.08. The molecule has 0 aliphatic carbocycles. The standard InChI is InChI=1S/C18H23N3/c1-12-8-7-9-13(2)18(12)20-19-16-10-15(4)17(21(5)6)11-14(16)3/h7-11H,1-6H3. The highest BCUT2D eigenvalue weighted by Gasteiger charge is 2.06. The Kier molecular flexibility index (Phi) is 4.41. The highest BCUT2D eigenvalue weighted by atomic mass is 15.1. The molecule has 0 spiro atoms. The van der Waals surface area contributed by atoms with Gasteiger partial charge in [-0.2, -0.15) is 10.2 Å². The molecule has 0 atom stereocenters. The summed E-state index contributed by atoms with van der Waals surface area (Å²) in [6.45, 7) is 8.31. The lowest BCUT2D eigenvalue weighted by Gasteiger charge is -2.17. The summed E-state index contributed by atoms with van der Waals surface area (Å²) in [5.74, 6) is 0. The molecule has 0 aliphatic rings. The fourth-order valence-corrected chi connectivity index (χ4v) is 2.44. The lowest BCUT2D eigenvalue weighted by Crippen LogP contribution is -2.10. The molecular weight excluding hydrogens is 258 g/mol. The maximum absolute atomic E-state index is 4.47.